The number of aromatic nitrogens is 3. The van der Waals surface area contributed by atoms with Crippen molar-refractivity contribution in [1.29, 1.82) is 0 Å². The fraction of sp³-hybridized carbons (Fsp3) is 0.571. The van der Waals surface area contributed by atoms with E-state index >= 15 is 0 Å². The standard InChI is InChI=1S/C21H30N6O/c1-15-7-8-17(16(2)12-15)18-14-26(10-11-28-18)21(22-3)23-13-20-25-24-19-6-4-5-9-27(19)20/h7-8,12,18H,4-6,9-11,13-14H2,1-3H3,(H,22,23). The van der Waals surface area contributed by atoms with E-state index in [1.54, 1.807) is 0 Å². The van der Waals surface area contributed by atoms with Crippen LogP contribution in [0.15, 0.2) is 23.2 Å². The fourth-order valence-electron chi connectivity index (χ4n) is 4.21. The predicted octanol–water partition coefficient (Wildman–Crippen LogP) is 2.38. The van der Waals surface area contributed by atoms with Gasteiger partial charge in [0.2, 0.25) is 0 Å². The molecule has 1 fully saturated rings. The lowest BCUT2D eigenvalue weighted by Gasteiger charge is -2.35. The minimum atomic E-state index is 0.0637. The van der Waals surface area contributed by atoms with Gasteiger partial charge in [-0.1, -0.05) is 23.8 Å². The van der Waals surface area contributed by atoms with Gasteiger partial charge in [0, 0.05) is 26.6 Å². The first-order chi connectivity index (χ1) is 13.7. The third-order valence-corrected chi connectivity index (χ3v) is 5.69. The Morgan fingerprint density at radius 2 is 2.14 bits per heavy atom. The third-order valence-electron chi connectivity index (χ3n) is 5.69. The van der Waals surface area contributed by atoms with E-state index in [1.807, 2.05) is 7.05 Å². The van der Waals surface area contributed by atoms with Crippen LogP contribution in [0.4, 0.5) is 0 Å². The summed E-state index contributed by atoms with van der Waals surface area (Å²) in [5.41, 5.74) is 3.82. The lowest BCUT2D eigenvalue weighted by molar-refractivity contribution is -0.00836. The molecule has 2 aliphatic heterocycles. The van der Waals surface area contributed by atoms with Gasteiger partial charge >= 0.3 is 0 Å². The van der Waals surface area contributed by atoms with Crippen LogP contribution in [0.5, 0.6) is 0 Å². The molecule has 1 aromatic heterocycles. The molecular formula is C21H30N6O. The Morgan fingerprint density at radius 3 is 2.96 bits per heavy atom. The zero-order chi connectivity index (χ0) is 19.5. The van der Waals surface area contributed by atoms with Gasteiger partial charge in [0.05, 0.1) is 19.7 Å². The van der Waals surface area contributed by atoms with Crippen LogP contribution in [0, 0.1) is 13.8 Å². The number of morpholine rings is 1. The minimum absolute atomic E-state index is 0.0637. The average Bonchev–Trinajstić information content (AvgIpc) is 3.12. The largest absolute Gasteiger partial charge is 0.370 e. The first-order valence-corrected chi connectivity index (χ1v) is 10.2. The third kappa shape index (κ3) is 3.90. The van der Waals surface area contributed by atoms with Crippen molar-refractivity contribution in [2.45, 2.75) is 52.3 Å². The van der Waals surface area contributed by atoms with Crippen LogP contribution in [0.1, 0.15) is 47.3 Å². The first-order valence-electron chi connectivity index (χ1n) is 10.2. The van der Waals surface area contributed by atoms with Gasteiger partial charge in [-0.05, 0) is 37.8 Å². The number of hydrogen-bond acceptors (Lipinski definition) is 4. The number of benzene rings is 1. The predicted molar refractivity (Wildman–Crippen MR) is 109 cm³/mol. The Morgan fingerprint density at radius 1 is 1.25 bits per heavy atom. The van der Waals surface area contributed by atoms with Crippen LogP contribution in [-0.4, -0.2) is 52.4 Å². The smallest absolute Gasteiger partial charge is 0.194 e. The lowest BCUT2D eigenvalue weighted by Crippen LogP contribution is -2.48. The molecule has 1 unspecified atom stereocenters. The van der Waals surface area contributed by atoms with E-state index < -0.39 is 0 Å². The van der Waals surface area contributed by atoms with Crippen molar-refractivity contribution in [1.82, 2.24) is 25.0 Å². The second-order valence-electron chi connectivity index (χ2n) is 7.71. The minimum Gasteiger partial charge on any atom is -0.370 e. The van der Waals surface area contributed by atoms with E-state index in [4.69, 9.17) is 4.74 Å². The molecule has 7 nitrogen and oxygen atoms in total. The quantitative estimate of drug-likeness (QED) is 0.652. The van der Waals surface area contributed by atoms with Crippen molar-refractivity contribution < 1.29 is 4.74 Å². The molecule has 3 heterocycles. The molecule has 28 heavy (non-hydrogen) atoms. The van der Waals surface area contributed by atoms with E-state index in [2.05, 4.69) is 62.0 Å². The number of rotatable bonds is 3. The van der Waals surface area contributed by atoms with Crippen LogP contribution in [0.25, 0.3) is 0 Å². The molecule has 1 atom stereocenters. The summed E-state index contributed by atoms with van der Waals surface area (Å²) in [5.74, 6) is 3.00. The van der Waals surface area contributed by atoms with E-state index in [-0.39, 0.29) is 6.10 Å². The van der Waals surface area contributed by atoms with E-state index in [1.165, 1.54) is 29.5 Å². The zero-order valence-corrected chi connectivity index (χ0v) is 17.1. The highest BCUT2D eigenvalue weighted by atomic mass is 16.5. The second kappa shape index (κ2) is 8.31. The second-order valence-corrected chi connectivity index (χ2v) is 7.71. The van der Waals surface area contributed by atoms with E-state index in [0.717, 1.165) is 43.7 Å². The highest BCUT2D eigenvalue weighted by Crippen LogP contribution is 2.26. The van der Waals surface area contributed by atoms with Crippen molar-refractivity contribution >= 4 is 5.96 Å². The molecule has 0 aliphatic carbocycles. The Hall–Kier alpha value is -2.41. The first kappa shape index (κ1) is 18.9. The number of ether oxygens (including phenoxy) is 1. The SMILES string of the molecule is CN=C(NCc1nnc2n1CCCC2)N1CCOC(c2ccc(C)cc2C)C1. The number of fused-ring (bicyclic) bond motifs is 1. The molecule has 0 spiro atoms. The molecule has 0 saturated carbocycles. The molecule has 2 aromatic rings. The Bertz CT molecular complexity index is 859. The summed E-state index contributed by atoms with van der Waals surface area (Å²) < 4.78 is 8.34. The lowest BCUT2D eigenvalue weighted by atomic mass is 10.00. The van der Waals surface area contributed by atoms with E-state index in [9.17, 15) is 0 Å². The van der Waals surface area contributed by atoms with Gasteiger partial charge in [0.15, 0.2) is 11.8 Å². The fourth-order valence-corrected chi connectivity index (χ4v) is 4.21. The Labute approximate surface area is 166 Å². The summed E-state index contributed by atoms with van der Waals surface area (Å²) in [4.78, 5) is 6.79. The van der Waals surface area contributed by atoms with Crippen LogP contribution in [-0.2, 0) is 24.2 Å². The van der Waals surface area contributed by atoms with Crippen molar-refractivity contribution in [3.05, 3.63) is 46.5 Å². The molecule has 4 rings (SSSR count). The van der Waals surface area contributed by atoms with Gasteiger partial charge in [-0.25, -0.2) is 0 Å². The van der Waals surface area contributed by atoms with Gasteiger partial charge in [-0.3, -0.25) is 4.99 Å². The monoisotopic (exact) mass is 382 g/mol. The summed E-state index contributed by atoms with van der Waals surface area (Å²) in [6, 6.07) is 6.57. The van der Waals surface area contributed by atoms with Gasteiger partial charge in [-0.15, -0.1) is 10.2 Å². The number of aliphatic imine (C=N–C) groups is 1. The molecule has 150 valence electrons. The maximum Gasteiger partial charge on any atom is 0.194 e. The van der Waals surface area contributed by atoms with Crippen LogP contribution >= 0.6 is 0 Å². The van der Waals surface area contributed by atoms with Crippen molar-refractivity contribution in [2.75, 3.05) is 26.7 Å². The molecule has 0 radical (unpaired) electrons. The molecule has 1 saturated heterocycles. The van der Waals surface area contributed by atoms with Crippen molar-refractivity contribution in [3.63, 3.8) is 0 Å². The summed E-state index contributed by atoms with van der Waals surface area (Å²) in [6.45, 7) is 8.26. The highest BCUT2D eigenvalue weighted by molar-refractivity contribution is 5.80. The van der Waals surface area contributed by atoms with Crippen molar-refractivity contribution in [2.24, 2.45) is 4.99 Å². The molecule has 2 aliphatic rings. The maximum absolute atomic E-state index is 6.08. The summed E-state index contributed by atoms with van der Waals surface area (Å²) >= 11 is 0. The number of hydrogen-bond donors (Lipinski definition) is 1. The average molecular weight is 383 g/mol. The van der Waals surface area contributed by atoms with Crippen molar-refractivity contribution in [3.8, 4) is 0 Å². The van der Waals surface area contributed by atoms with Crippen LogP contribution < -0.4 is 5.32 Å². The number of aryl methyl sites for hydroxylation is 3. The van der Waals surface area contributed by atoms with Crippen LogP contribution in [0.2, 0.25) is 0 Å². The van der Waals surface area contributed by atoms with Gasteiger partial charge in [0.1, 0.15) is 11.9 Å². The number of nitrogens with zero attached hydrogens (tertiary/aromatic N) is 5. The molecule has 1 aromatic carbocycles. The van der Waals surface area contributed by atoms with Gasteiger partial charge in [0.25, 0.3) is 0 Å². The maximum atomic E-state index is 6.08. The number of guanidine groups is 1. The summed E-state index contributed by atoms with van der Waals surface area (Å²) in [6.07, 6.45) is 3.51. The molecule has 1 N–H and O–H groups in total. The van der Waals surface area contributed by atoms with Gasteiger partial charge < -0.3 is 19.5 Å². The number of nitrogens with one attached hydrogen (secondary N) is 1. The molecule has 0 amide bonds. The Kier molecular flexibility index (Phi) is 5.62. The molecular weight excluding hydrogens is 352 g/mol. The normalized spacial score (nSPS) is 20.2. The summed E-state index contributed by atoms with van der Waals surface area (Å²) in [7, 11) is 1.84. The zero-order valence-electron chi connectivity index (χ0n) is 17.1. The Balaban J connectivity index is 1.42. The highest BCUT2D eigenvalue weighted by Gasteiger charge is 2.25. The molecule has 0 bridgehead atoms. The van der Waals surface area contributed by atoms with E-state index in [0.29, 0.717) is 13.2 Å². The van der Waals surface area contributed by atoms with Gasteiger partial charge in [-0.2, -0.15) is 0 Å². The van der Waals surface area contributed by atoms with Crippen LogP contribution in [0.3, 0.4) is 0 Å². The topological polar surface area (TPSA) is 67.6 Å². The molecule has 7 heteroatoms. The summed E-state index contributed by atoms with van der Waals surface area (Å²) in [5, 5.41) is 12.2.